The monoisotopic (exact) mass is 389 g/mol. The number of unbranched alkanes of at least 4 members (excludes halogenated alkanes) is 2. The highest BCUT2D eigenvalue weighted by Gasteiger charge is 2.10. The normalized spacial score (nSPS) is 10.5. The molecule has 0 saturated heterocycles. The molecule has 0 aromatic rings. The molecule has 0 aliphatic heterocycles. The summed E-state index contributed by atoms with van der Waals surface area (Å²) in [6, 6.07) is -0.657. The van der Waals surface area contributed by atoms with Crippen molar-refractivity contribution in [1.82, 2.24) is 16.1 Å². The lowest BCUT2D eigenvalue weighted by Crippen LogP contribution is -2.46. The number of amides is 3. The molecule has 27 heavy (non-hydrogen) atoms. The first-order chi connectivity index (χ1) is 12.4. The van der Waals surface area contributed by atoms with Crippen LogP contribution in [0.4, 0.5) is 0 Å². The molecule has 0 rings (SSSR count). The van der Waals surface area contributed by atoms with Gasteiger partial charge >= 0.3 is 0 Å². The summed E-state index contributed by atoms with van der Waals surface area (Å²) in [5.41, 5.74) is 7.02. The van der Waals surface area contributed by atoms with Crippen LogP contribution < -0.4 is 27.6 Å². The van der Waals surface area contributed by atoms with Gasteiger partial charge in [0, 0.05) is 19.9 Å². The number of hydrogen-bond acceptors (Lipinski definition) is 6. The van der Waals surface area contributed by atoms with E-state index in [1.807, 2.05) is 0 Å². The van der Waals surface area contributed by atoms with Gasteiger partial charge in [0.05, 0.1) is 6.54 Å². The van der Waals surface area contributed by atoms with Crippen molar-refractivity contribution in [3.05, 3.63) is 0 Å². The van der Waals surface area contributed by atoms with Gasteiger partial charge < -0.3 is 21.2 Å². The fourth-order valence-electron chi connectivity index (χ4n) is 1.40. The minimum absolute atomic E-state index is 0.0153. The Morgan fingerprint density at radius 2 is 1.44 bits per heavy atom. The first-order valence-corrected chi connectivity index (χ1v) is 9.19. The zero-order valence-corrected chi connectivity index (χ0v) is 17.7. The molecule has 1 unspecified atom stereocenters. The molecule has 0 fully saturated rings. The minimum Gasteiger partial charge on any atom is -0.368 e. The van der Waals surface area contributed by atoms with E-state index in [4.69, 9.17) is 11.6 Å². The molecule has 9 heteroatoms. The number of hydrazine groups is 1. The zero-order valence-electron chi connectivity index (χ0n) is 17.7. The van der Waals surface area contributed by atoms with Crippen molar-refractivity contribution in [2.45, 2.75) is 73.3 Å². The maximum Gasteiger partial charge on any atom is 0.239 e. The standard InChI is InChI=1S/C9H17NO2.C5H12N4O2.C4H10/c1-8(11)6-4-3-5-7-10-9(2)12;1-3(5(6)11)9-4(10)2-8-7;1-4(2)3/h3-7H2,1-2H3,(H,10,12);3,8H,2,7H2,1H3,(H2,6,11)(H,9,10);4H,1-3H3. The predicted molar refractivity (Wildman–Crippen MR) is 107 cm³/mol. The molecule has 3 amide bonds. The van der Waals surface area contributed by atoms with Gasteiger partial charge in [0.25, 0.3) is 0 Å². The molecule has 0 bridgehead atoms. The fourth-order valence-corrected chi connectivity index (χ4v) is 1.40. The number of carbonyl (C=O) groups is 4. The number of nitrogens with one attached hydrogen (secondary N) is 3. The third kappa shape index (κ3) is 35.9. The van der Waals surface area contributed by atoms with Gasteiger partial charge in [0.2, 0.25) is 17.7 Å². The summed E-state index contributed by atoms with van der Waals surface area (Å²) >= 11 is 0. The van der Waals surface area contributed by atoms with E-state index in [1.165, 1.54) is 13.8 Å². The summed E-state index contributed by atoms with van der Waals surface area (Å²) in [6.07, 6.45) is 3.59. The Bertz CT molecular complexity index is 407. The molecule has 0 aliphatic rings. The molecule has 0 aromatic carbocycles. The average Bonchev–Trinajstić information content (AvgIpc) is 2.50. The molecule has 0 aromatic heterocycles. The molecule has 0 radical (unpaired) electrons. The molecule has 0 spiro atoms. The number of hydrogen-bond donors (Lipinski definition) is 5. The number of ketones is 1. The van der Waals surface area contributed by atoms with E-state index in [0.29, 0.717) is 6.42 Å². The Morgan fingerprint density at radius 3 is 1.81 bits per heavy atom. The van der Waals surface area contributed by atoms with Gasteiger partial charge in [-0.25, -0.2) is 0 Å². The molecule has 7 N–H and O–H groups in total. The third-order valence-electron chi connectivity index (χ3n) is 2.65. The predicted octanol–water partition coefficient (Wildman–Crippen LogP) is 0.374. The Labute approximate surface area is 163 Å². The van der Waals surface area contributed by atoms with Crippen LogP contribution in [0, 0.1) is 5.92 Å². The summed E-state index contributed by atoms with van der Waals surface area (Å²) in [5.74, 6) is 5.01. The van der Waals surface area contributed by atoms with Crippen molar-refractivity contribution >= 4 is 23.5 Å². The van der Waals surface area contributed by atoms with Crippen LogP contribution in [0.3, 0.4) is 0 Å². The van der Waals surface area contributed by atoms with Gasteiger partial charge in [0.15, 0.2) is 0 Å². The van der Waals surface area contributed by atoms with Crippen LogP contribution in [-0.4, -0.2) is 42.6 Å². The fraction of sp³-hybridized carbons (Fsp3) is 0.778. The topological polar surface area (TPSA) is 156 Å². The second-order valence-corrected chi connectivity index (χ2v) is 6.80. The van der Waals surface area contributed by atoms with E-state index in [9.17, 15) is 19.2 Å². The number of nitrogens with two attached hydrogens (primary N) is 2. The van der Waals surface area contributed by atoms with Gasteiger partial charge in [0.1, 0.15) is 11.8 Å². The van der Waals surface area contributed by atoms with Crippen molar-refractivity contribution in [2.75, 3.05) is 13.1 Å². The molecule has 0 saturated carbocycles. The number of primary amides is 1. The van der Waals surface area contributed by atoms with Crippen molar-refractivity contribution in [3.8, 4) is 0 Å². The third-order valence-corrected chi connectivity index (χ3v) is 2.65. The van der Waals surface area contributed by atoms with Crippen molar-refractivity contribution in [1.29, 1.82) is 0 Å². The molecule has 160 valence electrons. The molecular formula is C18H39N5O4. The quantitative estimate of drug-likeness (QED) is 0.206. The minimum atomic E-state index is -0.657. The van der Waals surface area contributed by atoms with E-state index < -0.39 is 11.9 Å². The van der Waals surface area contributed by atoms with Crippen LogP contribution in [-0.2, 0) is 19.2 Å². The lowest BCUT2D eigenvalue weighted by Gasteiger charge is -2.08. The lowest BCUT2D eigenvalue weighted by molar-refractivity contribution is -0.126. The summed E-state index contributed by atoms with van der Waals surface area (Å²) < 4.78 is 0. The van der Waals surface area contributed by atoms with Gasteiger partial charge in [-0.2, -0.15) is 0 Å². The van der Waals surface area contributed by atoms with Gasteiger partial charge in [-0.05, 0) is 32.6 Å². The summed E-state index contributed by atoms with van der Waals surface area (Å²) in [4.78, 5) is 42.0. The molecule has 1 atom stereocenters. The van der Waals surface area contributed by atoms with Crippen LogP contribution in [0.2, 0.25) is 0 Å². The van der Waals surface area contributed by atoms with Crippen LogP contribution >= 0.6 is 0 Å². The van der Waals surface area contributed by atoms with E-state index in [2.05, 4.69) is 36.8 Å². The summed E-state index contributed by atoms with van der Waals surface area (Å²) in [5, 5.41) is 5.03. The highest BCUT2D eigenvalue weighted by Crippen LogP contribution is 1.98. The number of Topliss-reactive ketones (excluding diaryl/α,β-unsaturated/α-hetero) is 1. The van der Waals surface area contributed by atoms with Crippen LogP contribution in [0.15, 0.2) is 0 Å². The largest absolute Gasteiger partial charge is 0.368 e. The van der Waals surface area contributed by atoms with Gasteiger partial charge in [-0.3, -0.25) is 25.7 Å². The maximum absolute atomic E-state index is 10.7. The highest BCUT2D eigenvalue weighted by atomic mass is 16.2. The van der Waals surface area contributed by atoms with Gasteiger partial charge in [-0.1, -0.05) is 27.2 Å². The second kappa shape index (κ2) is 20.3. The highest BCUT2D eigenvalue weighted by molar-refractivity contribution is 5.86. The smallest absolute Gasteiger partial charge is 0.239 e. The van der Waals surface area contributed by atoms with E-state index in [0.717, 1.165) is 31.7 Å². The first kappa shape index (κ1) is 29.8. The maximum atomic E-state index is 10.7. The molecule has 9 nitrogen and oxygen atoms in total. The van der Waals surface area contributed by atoms with E-state index >= 15 is 0 Å². The van der Waals surface area contributed by atoms with E-state index in [1.54, 1.807) is 6.92 Å². The first-order valence-electron chi connectivity index (χ1n) is 9.19. The van der Waals surface area contributed by atoms with Crippen molar-refractivity contribution in [2.24, 2.45) is 17.5 Å². The Hall–Kier alpha value is -2.00. The van der Waals surface area contributed by atoms with Gasteiger partial charge in [-0.15, -0.1) is 0 Å². The average molecular weight is 390 g/mol. The summed E-state index contributed by atoms with van der Waals surface area (Å²) in [7, 11) is 0. The Kier molecular flexibility index (Phi) is 22.4. The van der Waals surface area contributed by atoms with Crippen molar-refractivity contribution in [3.63, 3.8) is 0 Å². The molecular weight excluding hydrogens is 350 g/mol. The van der Waals surface area contributed by atoms with Crippen LogP contribution in [0.5, 0.6) is 0 Å². The molecule has 0 aliphatic carbocycles. The van der Waals surface area contributed by atoms with Crippen molar-refractivity contribution < 1.29 is 19.2 Å². The summed E-state index contributed by atoms with van der Waals surface area (Å²) in [6.45, 7) is 11.8. The Balaban J connectivity index is -0.000000357. The van der Waals surface area contributed by atoms with E-state index in [-0.39, 0.29) is 24.1 Å². The second-order valence-electron chi connectivity index (χ2n) is 6.80. The zero-order chi connectivity index (χ0) is 21.8. The van der Waals surface area contributed by atoms with Crippen LogP contribution in [0.25, 0.3) is 0 Å². The molecule has 0 heterocycles. The SMILES string of the molecule is CC(=O)CCCCCNC(C)=O.CC(C)C.CC(NC(=O)CNN)C(N)=O. The number of rotatable bonds is 10. The van der Waals surface area contributed by atoms with Crippen LogP contribution in [0.1, 0.15) is 67.2 Å². The lowest BCUT2D eigenvalue weighted by atomic mass is 10.1. The Morgan fingerprint density at radius 1 is 0.926 bits per heavy atom. The number of carbonyl (C=O) groups excluding carboxylic acids is 4.